The zero-order chi connectivity index (χ0) is 17.4. The Bertz CT molecular complexity index is 823. The van der Waals surface area contributed by atoms with Crippen LogP contribution in [0.25, 0.3) is 0 Å². The molecule has 0 fully saturated rings. The molecule has 2 aromatic rings. The van der Waals surface area contributed by atoms with Gasteiger partial charge in [0.15, 0.2) is 4.80 Å². The summed E-state index contributed by atoms with van der Waals surface area (Å²) in [6.45, 7) is 3.98. The molecule has 0 saturated carbocycles. The van der Waals surface area contributed by atoms with Crippen molar-refractivity contribution in [3.8, 4) is 0 Å². The maximum absolute atomic E-state index is 14.0. The van der Waals surface area contributed by atoms with E-state index < -0.39 is 29.0 Å². The molecular formula is C14H11ClF4N2OS. The topological polar surface area (TPSA) is 34.4 Å². The third kappa shape index (κ3) is 3.48. The van der Waals surface area contributed by atoms with Crippen LogP contribution in [-0.2, 0) is 12.7 Å². The molecule has 9 heteroatoms. The molecule has 0 aliphatic carbocycles. The summed E-state index contributed by atoms with van der Waals surface area (Å²) in [4.78, 5) is 16.0. The molecule has 0 unspecified atom stereocenters. The summed E-state index contributed by atoms with van der Waals surface area (Å²) in [5, 5.41) is 0. The van der Waals surface area contributed by atoms with Gasteiger partial charge in [-0.05, 0) is 26.0 Å². The summed E-state index contributed by atoms with van der Waals surface area (Å²) in [7, 11) is 0. The zero-order valence-corrected chi connectivity index (χ0v) is 13.6. The highest BCUT2D eigenvalue weighted by molar-refractivity contribution is 7.13. The van der Waals surface area contributed by atoms with E-state index in [-0.39, 0.29) is 4.80 Å². The molecule has 1 amide bonds. The standard InChI is InChI=1S/C14H11ClF4N2OS/c1-3-21-7(2)11(15)23-13(21)20-12(22)8-5-4-6-9(10(8)16)14(17,18)19/h4-6H,3H2,1-2H3/b20-13-. The van der Waals surface area contributed by atoms with Gasteiger partial charge in [-0.3, -0.25) is 4.79 Å². The van der Waals surface area contributed by atoms with Crippen LogP contribution in [0.4, 0.5) is 17.6 Å². The highest BCUT2D eigenvalue weighted by Gasteiger charge is 2.35. The Kier molecular flexibility index (Phi) is 4.95. The molecule has 0 saturated heterocycles. The minimum absolute atomic E-state index is 0.205. The highest BCUT2D eigenvalue weighted by Crippen LogP contribution is 2.32. The molecule has 0 atom stereocenters. The molecule has 124 valence electrons. The van der Waals surface area contributed by atoms with Gasteiger partial charge in [0.05, 0.1) is 11.1 Å². The Labute approximate surface area is 137 Å². The van der Waals surface area contributed by atoms with Gasteiger partial charge in [0.2, 0.25) is 0 Å². The number of rotatable bonds is 2. The third-order valence-corrected chi connectivity index (χ3v) is 4.62. The molecular weight excluding hydrogens is 356 g/mol. The van der Waals surface area contributed by atoms with E-state index in [9.17, 15) is 22.4 Å². The summed E-state index contributed by atoms with van der Waals surface area (Å²) in [6.07, 6.45) is -4.88. The number of aromatic nitrogens is 1. The van der Waals surface area contributed by atoms with Crippen molar-refractivity contribution in [3.05, 3.63) is 50.0 Å². The predicted molar refractivity (Wildman–Crippen MR) is 79.0 cm³/mol. The minimum Gasteiger partial charge on any atom is -0.320 e. The normalized spacial score (nSPS) is 12.7. The summed E-state index contributed by atoms with van der Waals surface area (Å²) in [5.74, 6) is -2.72. The van der Waals surface area contributed by atoms with Gasteiger partial charge in [-0.1, -0.05) is 29.0 Å². The third-order valence-electron chi connectivity index (χ3n) is 3.15. The lowest BCUT2D eigenvalue weighted by Gasteiger charge is -2.09. The lowest BCUT2D eigenvalue weighted by Crippen LogP contribution is -2.18. The number of carbonyl (C=O) groups excluding carboxylic acids is 1. The maximum atomic E-state index is 14.0. The number of nitrogens with zero attached hydrogens (tertiary/aromatic N) is 2. The first-order chi connectivity index (χ1) is 10.7. The van der Waals surface area contributed by atoms with Gasteiger partial charge in [0.1, 0.15) is 10.2 Å². The van der Waals surface area contributed by atoms with Crippen LogP contribution in [0, 0.1) is 12.7 Å². The number of thiazole rings is 1. The van der Waals surface area contributed by atoms with Gasteiger partial charge in [0.25, 0.3) is 5.91 Å². The number of benzene rings is 1. The smallest absolute Gasteiger partial charge is 0.320 e. The molecule has 1 aromatic heterocycles. The first-order valence-electron chi connectivity index (χ1n) is 6.47. The average Bonchev–Trinajstić information content (AvgIpc) is 2.72. The van der Waals surface area contributed by atoms with Crippen LogP contribution >= 0.6 is 22.9 Å². The fourth-order valence-corrected chi connectivity index (χ4v) is 3.21. The second-order valence-corrected chi connectivity index (χ2v) is 6.15. The molecule has 0 spiro atoms. The van der Waals surface area contributed by atoms with Crippen molar-refractivity contribution in [1.82, 2.24) is 4.57 Å². The van der Waals surface area contributed by atoms with Crippen molar-refractivity contribution in [2.45, 2.75) is 26.6 Å². The predicted octanol–water partition coefficient (Wildman–Crippen LogP) is 4.43. The van der Waals surface area contributed by atoms with Crippen LogP contribution in [0.2, 0.25) is 4.34 Å². The SMILES string of the molecule is CCn1c(C)c(Cl)s/c1=N\C(=O)c1cccc(C(F)(F)F)c1F. The number of alkyl halides is 3. The number of hydrogen-bond donors (Lipinski definition) is 0. The van der Waals surface area contributed by atoms with Crippen molar-refractivity contribution in [2.24, 2.45) is 4.99 Å². The molecule has 0 radical (unpaired) electrons. The Hall–Kier alpha value is -1.67. The zero-order valence-electron chi connectivity index (χ0n) is 12.0. The lowest BCUT2D eigenvalue weighted by molar-refractivity contribution is -0.140. The van der Waals surface area contributed by atoms with Gasteiger partial charge in [-0.25, -0.2) is 4.39 Å². The second kappa shape index (κ2) is 6.45. The number of hydrogen-bond acceptors (Lipinski definition) is 2. The van der Waals surface area contributed by atoms with E-state index in [0.29, 0.717) is 22.6 Å². The fourth-order valence-electron chi connectivity index (χ4n) is 1.98. The van der Waals surface area contributed by atoms with Crippen molar-refractivity contribution in [1.29, 1.82) is 0 Å². The summed E-state index contributed by atoms with van der Waals surface area (Å²) in [6, 6.07) is 2.51. The Balaban J connectivity index is 2.55. The summed E-state index contributed by atoms with van der Waals surface area (Å²) in [5.41, 5.74) is -1.55. The largest absolute Gasteiger partial charge is 0.419 e. The van der Waals surface area contributed by atoms with Gasteiger partial charge in [0, 0.05) is 12.2 Å². The van der Waals surface area contributed by atoms with Crippen molar-refractivity contribution >= 4 is 28.8 Å². The Morgan fingerprint density at radius 2 is 2.04 bits per heavy atom. The van der Waals surface area contributed by atoms with Crippen LogP contribution in [-0.4, -0.2) is 10.5 Å². The van der Waals surface area contributed by atoms with E-state index in [1.165, 1.54) is 0 Å². The molecule has 0 bridgehead atoms. The van der Waals surface area contributed by atoms with E-state index >= 15 is 0 Å². The molecule has 1 aromatic carbocycles. The molecule has 1 heterocycles. The van der Waals surface area contributed by atoms with Crippen LogP contribution in [0.3, 0.4) is 0 Å². The van der Waals surface area contributed by atoms with Crippen LogP contribution in [0.5, 0.6) is 0 Å². The number of carbonyl (C=O) groups is 1. The molecule has 0 aliphatic heterocycles. The van der Waals surface area contributed by atoms with Gasteiger partial charge < -0.3 is 4.57 Å². The molecule has 23 heavy (non-hydrogen) atoms. The van der Waals surface area contributed by atoms with Crippen molar-refractivity contribution in [2.75, 3.05) is 0 Å². The second-order valence-electron chi connectivity index (χ2n) is 4.57. The Morgan fingerprint density at radius 1 is 1.39 bits per heavy atom. The molecule has 0 N–H and O–H groups in total. The maximum Gasteiger partial charge on any atom is 0.419 e. The fraction of sp³-hybridized carbons (Fsp3) is 0.286. The van der Waals surface area contributed by atoms with E-state index in [1.54, 1.807) is 18.4 Å². The van der Waals surface area contributed by atoms with Gasteiger partial charge in [-0.2, -0.15) is 18.2 Å². The first kappa shape index (κ1) is 17.7. The summed E-state index contributed by atoms with van der Waals surface area (Å²) < 4.78 is 54.1. The molecule has 3 nitrogen and oxygen atoms in total. The molecule has 0 aliphatic rings. The average molecular weight is 367 g/mol. The number of amides is 1. The molecule has 2 rings (SSSR count). The quantitative estimate of drug-likeness (QED) is 0.724. The van der Waals surface area contributed by atoms with E-state index in [4.69, 9.17) is 11.6 Å². The monoisotopic (exact) mass is 366 g/mol. The van der Waals surface area contributed by atoms with Gasteiger partial charge >= 0.3 is 6.18 Å². The first-order valence-corrected chi connectivity index (χ1v) is 7.66. The van der Waals surface area contributed by atoms with Crippen LogP contribution in [0.1, 0.15) is 28.5 Å². The lowest BCUT2D eigenvalue weighted by atomic mass is 10.1. The van der Waals surface area contributed by atoms with E-state index in [2.05, 4.69) is 4.99 Å². The Morgan fingerprint density at radius 3 is 2.61 bits per heavy atom. The van der Waals surface area contributed by atoms with Crippen molar-refractivity contribution < 1.29 is 22.4 Å². The number of halogens is 5. The minimum atomic E-state index is -4.88. The summed E-state index contributed by atoms with van der Waals surface area (Å²) >= 11 is 6.96. The van der Waals surface area contributed by atoms with Crippen LogP contribution in [0.15, 0.2) is 23.2 Å². The van der Waals surface area contributed by atoms with E-state index in [0.717, 1.165) is 23.5 Å². The van der Waals surface area contributed by atoms with Gasteiger partial charge in [-0.15, -0.1) is 0 Å². The van der Waals surface area contributed by atoms with Crippen LogP contribution < -0.4 is 4.80 Å². The van der Waals surface area contributed by atoms with E-state index in [1.807, 2.05) is 0 Å². The highest BCUT2D eigenvalue weighted by atomic mass is 35.5. The van der Waals surface area contributed by atoms with Crippen molar-refractivity contribution in [3.63, 3.8) is 0 Å².